The van der Waals surface area contributed by atoms with Gasteiger partial charge in [0.15, 0.2) is 0 Å². The summed E-state index contributed by atoms with van der Waals surface area (Å²) < 4.78 is 3.22. The first-order valence-electron chi connectivity index (χ1n) is 4.59. The maximum atomic E-state index is 6.25. The van der Waals surface area contributed by atoms with Gasteiger partial charge < -0.3 is 4.57 Å². The second kappa shape index (κ2) is 3.59. The summed E-state index contributed by atoms with van der Waals surface area (Å²) >= 11 is 9.81. The molecule has 1 aromatic heterocycles. The van der Waals surface area contributed by atoms with E-state index in [2.05, 4.69) is 40.4 Å². The van der Waals surface area contributed by atoms with Gasteiger partial charge in [0.2, 0.25) is 0 Å². The third-order valence-corrected chi connectivity index (χ3v) is 3.65. The van der Waals surface area contributed by atoms with Gasteiger partial charge in [0, 0.05) is 16.4 Å². The normalized spacial score (nSPS) is 11.1. The fraction of sp³-hybridized carbons (Fsp3) is 0.273. The Morgan fingerprint density at radius 1 is 1.43 bits per heavy atom. The van der Waals surface area contributed by atoms with E-state index in [0.29, 0.717) is 0 Å². The summed E-state index contributed by atoms with van der Waals surface area (Å²) in [5.41, 5.74) is 2.35. The van der Waals surface area contributed by atoms with E-state index in [0.717, 1.165) is 21.7 Å². The predicted octanol–water partition coefficient (Wildman–Crippen LogP) is 4.39. The molecule has 0 radical (unpaired) electrons. The first-order chi connectivity index (χ1) is 6.66. The van der Waals surface area contributed by atoms with Gasteiger partial charge in [-0.3, -0.25) is 0 Å². The van der Waals surface area contributed by atoms with Gasteiger partial charge in [-0.05, 0) is 41.4 Å². The average Bonchev–Trinajstić information content (AvgIpc) is 2.43. The number of hydrogen-bond acceptors (Lipinski definition) is 0. The van der Waals surface area contributed by atoms with Crippen LogP contribution in [0.2, 0.25) is 5.15 Å². The number of halogens is 2. The highest BCUT2D eigenvalue weighted by molar-refractivity contribution is 9.10. The van der Waals surface area contributed by atoms with Gasteiger partial charge >= 0.3 is 0 Å². The molecule has 0 aliphatic rings. The van der Waals surface area contributed by atoms with Crippen LogP contribution >= 0.6 is 27.5 Å². The SMILES string of the molecule is CCn1c(Cl)c(C)c2cccc(Br)c21. The van der Waals surface area contributed by atoms with Gasteiger partial charge in [0.05, 0.1) is 5.52 Å². The Kier molecular flexibility index (Phi) is 2.58. The Labute approximate surface area is 96.8 Å². The number of nitrogens with zero attached hydrogens (tertiary/aromatic N) is 1. The summed E-state index contributed by atoms with van der Waals surface area (Å²) in [5.74, 6) is 0. The molecule has 0 bridgehead atoms. The highest BCUT2D eigenvalue weighted by Gasteiger charge is 2.12. The number of rotatable bonds is 1. The summed E-state index contributed by atoms with van der Waals surface area (Å²) in [6.45, 7) is 5.05. The third kappa shape index (κ3) is 1.29. The van der Waals surface area contributed by atoms with Crippen LogP contribution in [0.25, 0.3) is 10.9 Å². The van der Waals surface area contributed by atoms with Crippen molar-refractivity contribution in [3.63, 3.8) is 0 Å². The summed E-state index contributed by atoms with van der Waals surface area (Å²) in [6.07, 6.45) is 0. The van der Waals surface area contributed by atoms with Crippen molar-refractivity contribution in [3.05, 3.63) is 33.4 Å². The molecular weight excluding hydrogens is 261 g/mol. The van der Waals surface area contributed by atoms with E-state index in [9.17, 15) is 0 Å². The molecule has 0 aliphatic heterocycles. The molecule has 0 unspecified atom stereocenters. The van der Waals surface area contributed by atoms with Crippen molar-refractivity contribution in [2.45, 2.75) is 20.4 Å². The highest BCUT2D eigenvalue weighted by Crippen LogP contribution is 2.33. The molecule has 1 aromatic carbocycles. The van der Waals surface area contributed by atoms with Crippen LogP contribution in [0, 0.1) is 6.92 Å². The van der Waals surface area contributed by atoms with Crippen molar-refractivity contribution in [2.24, 2.45) is 0 Å². The van der Waals surface area contributed by atoms with E-state index in [1.165, 1.54) is 10.9 Å². The molecule has 0 N–H and O–H groups in total. The van der Waals surface area contributed by atoms with Gasteiger partial charge in [-0.15, -0.1) is 0 Å². The predicted molar refractivity (Wildman–Crippen MR) is 65.1 cm³/mol. The van der Waals surface area contributed by atoms with Gasteiger partial charge in [-0.2, -0.15) is 0 Å². The Morgan fingerprint density at radius 3 is 2.79 bits per heavy atom. The van der Waals surface area contributed by atoms with E-state index in [-0.39, 0.29) is 0 Å². The van der Waals surface area contributed by atoms with Gasteiger partial charge in [0.25, 0.3) is 0 Å². The minimum absolute atomic E-state index is 0.842. The number of aryl methyl sites for hydroxylation is 2. The van der Waals surface area contributed by atoms with Crippen molar-refractivity contribution < 1.29 is 0 Å². The number of hydrogen-bond donors (Lipinski definition) is 0. The lowest BCUT2D eigenvalue weighted by atomic mass is 10.2. The van der Waals surface area contributed by atoms with Crippen LogP contribution in [0.5, 0.6) is 0 Å². The van der Waals surface area contributed by atoms with Crippen LogP contribution < -0.4 is 0 Å². The van der Waals surface area contributed by atoms with Crippen molar-refractivity contribution >= 4 is 38.4 Å². The Morgan fingerprint density at radius 2 is 2.14 bits per heavy atom. The fourth-order valence-corrected chi connectivity index (χ4v) is 2.69. The molecule has 0 amide bonds. The number of para-hydroxylation sites is 1. The molecule has 0 aliphatic carbocycles. The Balaban J connectivity index is 2.96. The minimum Gasteiger partial charge on any atom is -0.331 e. The molecular formula is C11H11BrClN. The van der Waals surface area contributed by atoms with Crippen molar-refractivity contribution in [3.8, 4) is 0 Å². The molecule has 0 saturated carbocycles. The summed E-state index contributed by atoms with van der Waals surface area (Å²) in [5, 5.41) is 2.07. The van der Waals surface area contributed by atoms with E-state index in [1.54, 1.807) is 0 Å². The standard InChI is InChI=1S/C11H11BrClN/c1-3-14-10-8(7(2)11(14)13)5-4-6-9(10)12/h4-6H,3H2,1-2H3. The van der Waals surface area contributed by atoms with Crippen molar-refractivity contribution in [1.82, 2.24) is 4.57 Å². The molecule has 1 nitrogen and oxygen atoms in total. The lowest BCUT2D eigenvalue weighted by Gasteiger charge is -2.03. The maximum absolute atomic E-state index is 6.25. The second-order valence-corrected chi connectivity index (χ2v) is 4.51. The monoisotopic (exact) mass is 271 g/mol. The zero-order valence-corrected chi connectivity index (χ0v) is 10.5. The van der Waals surface area contributed by atoms with Crippen LogP contribution in [-0.4, -0.2) is 4.57 Å². The second-order valence-electron chi connectivity index (χ2n) is 3.30. The zero-order valence-electron chi connectivity index (χ0n) is 8.14. The Bertz CT molecular complexity index is 487. The molecule has 0 atom stereocenters. The van der Waals surface area contributed by atoms with Crippen LogP contribution in [0.3, 0.4) is 0 Å². The van der Waals surface area contributed by atoms with Crippen LogP contribution in [-0.2, 0) is 6.54 Å². The largest absolute Gasteiger partial charge is 0.331 e. The zero-order chi connectivity index (χ0) is 10.3. The molecule has 14 heavy (non-hydrogen) atoms. The molecule has 0 fully saturated rings. The topological polar surface area (TPSA) is 4.93 Å². The number of fused-ring (bicyclic) bond motifs is 1. The Hall–Kier alpha value is -0.470. The lowest BCUT2D eigenvalue weighted by molar-refractivity contribution is 0.795. The minimum atomic E-state index is 0.842. The van der Waals surface area contributed by atoms with E-state index in [4.69, 9.17) is 11.6 Å². The van der Waals surface area contributed by atoms with E-state index < -0.39 is 0 Å². The van der Waals surface area contributed by atoms with Gasteiger partial charge in [-0.1, -0.05) is 23.7 Å². The van der Waals surface area contributed by atoms with Crippen molar-refractivity contribution in [1.29, 1.82) is 0 Å². The quantitative estimate of drug-likeness (QED) is 0.726. The third-order valence-electron chi connectivity index (χ3n) is 2.52. The van der Waals surface area contributed by atoms with Crippen LogP contribution in [0.4, 0.5) is 0 Å². The summed E-state index contributed by atoms with van der Waals surface area (Å²) in [6, 6.07) is 6.19. The molecule has 0 saturated heterocycles. The van der Waals surface area contributed by atoms with E-state index in [1.807, 2.05) is 12.1 Å². The average molecular weight is 273 g/mol. The summed E-state index contributed by atoms with van der Waals surface area (Å²) in [7, 11) is 0. The fourth-order valence-electron chi connectivity index (χ4n) is 1.80. The van der Waals surface area contributed by atoms with Crippen LogP contribution in [0.1, 0.15) is 12.5 Å². The maximum Gasteiger partial charge on any atom is 0.112 e. The van der Waals surface area contributed by atoms with Gasteiger partial charge in [0.1, 0.15) is 5.15 Å². The molecule has 1 heterocycles. The van der Waals surface area contributed by atoms with Crippen LogP contribution in [0.15, 0.2) is 22.7 Å². The molecule has 74 valence electrons. The highest BCUT2D eigenvalue weighted by atomic mass is 79.9. The number of benzene rings is 1. The lowest BCUT2D eigenvalue weighted by Crippen LogP contribution is -1.93. The first kappa shape index (κ1) is 10.1. The van der Waals surface area contributed by atoms with E-state index >= 15 is 0 Å². The number of aromatic nitrogens is 1. The van der Waals surface area contributed by atoms with Crippen molar-refractivity contribution in [2.75, 3.05) is 0 Å². The summed E-state index contributed by atoms with van der Waals surface area (Å²) in [4.78, 5) is 0. The molecule has 3 heteroatoms. The first-order valence-corrected chi connectivity index (χ1v) is 5.76. The molecule has 2 aromatic rings. The molecule has 2 rings (SSSR count). The van der Waals surface area contributed by atoms with Gasteiger partial charge in [-0.25, -0.2) is 0 Å². The smallest absolute Gasteiger partial charge is 0.112 e. The molecule has 0 spiro atoms.